The van der Waals surface area contributed by atoms with Crippen molar-refractivity contribution >= 4 is 27.5 Å². The molecule has 1 N–H and O–H groups in total. The van der Waals surface area contributed by atoms with Gasteiger partial charge in [0, 0.05) is 19.7 Å². The molecule has 0 spiro atoms. The Morgan fingerprint density at radius 3 is 2.39 bits per heavy atom. The van der Waals surface area contributed by atoms with Gasteiger partial charge in [-0.1, -0.05) is 19.1 Å². The summed E-state index contributed by atoms with van der Waals surface area (Å²) in [5.41, 5.74) is 0.825. The molecule has 2 aromatic rings. The first-order chi connectivity index (χ1) is 15.6. The third-order valence-electron chi connectivity index (χ3n) is 5.22. The average Bonchev–Trinajstić information content (AvgIpc) is 3.25. The van der Waals surface area contributed by atoms with Gasteiger partial charge in [-0.05, 0) is 36.2 Å². The first-order valence-electron chi connectivity index (χ1n) is 10.3. The lowest BCUT2D eigenvalue weighted by atomic mass is 10.1. The minimum Gasteiger partial charge on any atom is -0.454 e. The maximum absolute atomic E-state index is 13.4. The molecule has 9 nitrogen and oxygen atoms in total. The third-order valence-corrected chi connectivity index (χ3v) is 6.36. The van der Waals surface area contributed by atoms with E-state index in [4.69, 9.17) is 9.47 Å². The molecule has 0 aromatic heterocycles. The molecule has 11 heteroatoms. The van der Waals surface area contributed by atoms with Crippen LogP contribution in [0.15, 0.2) is 42.5 Å². The van der Waals surface area contributed by atoms with Gasteiger partial charge in [0.05, 0.1) is 11.9 Å². The van der Waals surface area contributed by atoms with Crippen molar-refractivity contribution in [3.63, 3.8) is 0 Å². The van der Waals surface area contributed by atoms with Crippen LogP contribution in [0.3, 0.4) is 0 Å². The van der Waals surface area contributed by atoms with Gasteiger partial charge >= 0.3 is 0 Å². The number of carbonyl (C=O) groups excluding carboxylic acids is 2. The summed E-state index contributed by atoms with van der Waals surface area (Å²) in [4.78, 5) is 27.2. The fourth-order valence-electron chi connectivity index (χ4n) is 3.53. The molecule has 1 aliphatic rings. The zero-order valence-electron chi connectivity index (χ0n) is 18.6. The van der Waals surface area contributed by atoms with Crippen molar-refractivity contribution in [2.75, 3.05) is 30.9 Å². The summed E-state index contributed by atoms with van der Waals surface area (Å²) in [7, 11) is -2.40. The van der Waals surface area contributed by atoms with E-state index in [0.29, 0.717) is 23.5 Å². The molecule has 0 bridgehead atoms. The number of anilines is 1. The topological polar surface area (TPSA) is 105 Å². The molecule has 178 valence electrons. The average molecular weight is 480 g/mol. The molecule has 2 amide bonds. The van der Waals surface area contributed by atoms with Crippen molar-refractivity contribution < 1.29 is 31.9 Å². The fourth-order valence-corrected chi connectivity index (χ4v) is 4.37. The lowest BCUT2D eigenvalue weighted by Crippen LogP contribution is -2.51. The van der Waals surface area contributed by atoms with Crippen LogP contribution in [0, 0.1) is 5.82 Å². The SMILES string of the molecule is CC[C@@H](C(=O)NC)N(Cc1ccc(F)cc1)C(=O)CN(c1ccc2c(c1)OCO2)S(C)(=O)=O. The zero-order valence-corrected chi connectivity index (χ0v) is 19.4. The van der Waals surface area contributed by atoms with Gasteiger partial charge in [0.2, 0.25) is 28.6 Å². The first kappa shape index (κ1) is 24.3. The molecule has 0 unspecified atom stereocenters. The number of benzene rings is 2. The van der Waals surface area contributed by atoms with E-state index in [1.54, 1.807) is 13.0 Å². The standard InChI is InChI=1S/C22H26FN3O6S/c1-4-18(22(28)24-2)25(12-15-5-7-16(23)8-6-15)21(27)13-26(33(3,29)30)17-9-10-19-20(11-17)32-14-31-19/h5-11,18H,4,12-14H2,1-3H3,(H,24,28)/t18-/m0/s1. The normalized spacial score (nSPS) is 13.3. The Balaban J connectivity index is 1.93. The summed E-state index contributed by atoms with van der Waals surface area (Å²) in [5.74, 6) is -0.559. The minimum atomic E-state index is -3.86. The molecular formula is C22H26FN3O6S. The lowest BCUT2D eigenvalue weighted by molar-refractivity contribution is -0.140. The molecule has 33 heavy (non-hydrogen) atoms. The second-order valence-corrected chi connectivity index (χ2v) is 9.40. The molecule has 1 heterocycles. The van der Waals surface area contributed by atoms with Crippen LogP contribution < -0.4 is 19.1 Å². The first-order valence-corrected chi connectivity index (χ1v) is 12.1. The largest absolute Gasteiger partial charge is 0.454 e. The van der Waals surface area contributed by atoms with Crippen molar-refractivity contribution in [1.82, 2.24) is 10.2 Å². The summed E-state index contributed by atoms with van der Waals surface area (Å²) >= 11 is 0. The highest BCUT2D eigenvalue weighted by atomic mass is 32.2. The lowest BCUT2D eigenvalue weighted by Gasteiger charge is -2.32. The number of hydrogen-bond acceptors (Lipinski definition) is 6. The maximum Gasteiger partial charge on any atom is 0.244 e. The van der Waals surface area contributed by atoms with Crippen LogP contribution in [-0.2, 0) is 26.2 Å². The van der Waals surface area contributed by atoms with E-state index in [9.17, 15) is 22.4 Å². The molecule has 1 aliphatic heterocycles. The van der Waals surface area contributed by atoms with Gasteiger partial charge in [-0.2, -0.15) is 0 Å². The highest BCUT2D eigenvalue weighted by Gasteiger charge is 2.31. The van der Waals surface area contributed by atoms with E-state index in [1.165, 1.54) is 48.3 Å². The summed E-state index contributed by atoms with van der Waals surface area (Å²) in [5, 5.41) is 2.53. The Bertz CT molecular complexity index is 1120. The second-order valence-electron chi connectivity index (χ2n) is 7.49. The zero-order chi connectivity index (χ0) is 24.2. The van der Waals surface area contributed by atoms with E-state index >= 15 is 0 Å². The Hall–Kier alpha value is -3.34. The van der Waals surface area contributed by atoms with Gasteiger partial charge in [0.15, 0.2) is 11.5 Å². The van der Waals surface area contributed by atoms with Crippen LogP contribution in [0.2, 0.25) is 0 Å². The van der Waals surface area contributed by atoms with Gasteiger partial charge < -0.3 is 19.7 Å². The molecule has 0 fully saturated rings. The smallest absolute Gasteiger partial charge is 0.244 e. The van der Waals surface area contributed by atoms with E-state index in [0.717, 1.165) is 10.6 Å². The van der Waals surface area contributed by atoms with Gasteiger partial charge in [-0.3, -0.25) is 13.9 Å². The predicted molar refractivity (Wildman–Crippen MR) is 120 cm³/mol. The van der Waals surface area contributed by atoms with Crippen molar-refractivity contribution in [2.24, 2.45) is 0 Å². The number of amides is 2. The van der Waals surface area contributed by atoms with Gasteiger partial charge in [-0.15, -0.1) is 0 Å². The second kappa shape index (κ2) is 10.1. The Morgan fingerprint density at radius 2 is 1.79 bits per heavy atom. The van der Waals surface area contributed by atoms with Crippen LogP contribution in [-0.4, -0.2) is 57.8 Å². The summed E-state index contributed by atoms with van der Waals surface area (Å²) < 4.78 is 50.0. The van der Waals surface area contributed by atoms with Crippen molar-refractivity contribution in [1.29, 1.82) is 0 Å². The number of fused-ring (bicyclic) bond motifs is 1. The molecule has 0 aliphatic carbocycles. The fraction of sp³-hybridized carbons (Fsp3) is 0.364. The molecule has 1 atom stereocenters. The van der Waals surface area contributed by atoms with Crippen LogP contribution in [0.4, 0.5) is 10.1 Å². The number of ether oxygens (including phenoxy) is 2. The summed E-state index contributed by atoms with van der Waals surface area (Å²) in [6.45, 7) is 1.24. The van der Waals surface area contributed by atoms with E-state index in [-0.39, 0.29) is 24.9 Å². The monoisotopic (exact) mass is 479 g/mol. The molecular weight excluding hydrogens is 453 g/mol. The van der Waals surface area contributed by atoms with E-state index in [2.05, 4.69) is 5.32 Å². The van der Waals surface area contributed by atoms with Crippen LogP contribution in [0.25, 0.3) is 0 Å². The number of nitrogens with one attached hydrogen (secondary N) is 1. The molecule has 2 aromatic carbocycles. The number of carbonyl (C=O) groups is 2. The molecule has 0 radical (unpaired) electrons. The van der Waals surface area contributed by atoms with Crippen LogP contribution >= 0.6 is 0 Å². The van der Waals surface area contributed by atoms with E-state index in [1.807, 2.05) is 0 Å². The molecule has 0 saturated carbocycles. The summed E-state index contributed by atoms with van der Waals surface area (Å²) in [6, 6.07) is 9.26. The minimum absolute atomic E-state index is 0.00375. The number of halogens is 1. The van der Waals surface area contributed by atoms with Crippen LogP contribution in [0.5, 0.6) is 11.5 Å². The van der Waals surface area contributed by atoms with Gasteiger partial charge in [0.25, 0.3) is 0 Å². The number of hydrogen-bond donors (Lipinski definition) is 1. The highest BCUT2D eigenvalue weighted by molar-refractivity contribution is 7.92. The number of nitrogens with zero attached hydrogens (tertiary/aromatic N) is 2. The quantitative estimate of drug-likeness (QED) is 0.589. The third kappa shape index (κ3) is 5.72. The van der Waals surface area contributed by atoms with Gasteiger partial charge in [-0.25, -0.2) is 12.8 Å². The predicted octanol–water partition coefficient (Wildman–Crippen LogP) is 1.87. The highest BCUT2D eigenvalue weighted by Crippen LogP contribution is 2.36. The number of sulfonamides is 1. The van der Waals surface area contributed by atoms with Crippen molar-refractivity contribution in [3.8, 4) is 11.5 Å². The molecule has 3 rings (SSSR count). The summed E-state index contributed by atoms with van der Waals surface area (Å²) in [6.07, 6.45) is 1.29. The number of rotatable bonds is 9. The Morgan fingerprint density at radius 1 is 1.12 bits per heavy atom. The maximum atomic E-state index is 13.4. The van der Waals surface area contributed by atoms with Crippen molar-refractivity contribution in [2.45, 2.75) is 25.9 Å². The van der Waals surface area contributed by atoms with Gasteiger partial charge in [0.1, 0.15) is 18.4 Å². The van der Waals surface area contributed by atoms with Crippen LogP contribution in [0.1, 0.15) is 18.9 Å². The van der Waals surface area contributed by atoms with Crippen molar-refractivity contribution in [3.05, 3.63) is 53.8 Å². The Kier molecular flexibility index (Phi) is 7.42. The Labute approximate surface area is 192 Å². The van der Waals surface area contributed by atoms with E-state index < -0.39 is 34.3 Å². The number of likely N-dealkylation sites (N-methyl/N-ethyl adjacent to an activating group) is 1. The molecule has 0 saturated heterocycles.